The number of hydrogen-bond donors (Lipinski definition) is 4. The molecule has 12 rings (SSSR count). The van der Waals surface area contributed by atoms with E-state index in [2.05, 4.69) is 104 Å². The van der Waals surface area contributed by atoms with Gasteiger partial charge in [0.15, 0.2) is 0 Å². The summed E-state index contributed by atoms with van der Waals surface area (Å²) >= 11 is 0. The highest BCUT2D eigenvalue weighted by Gasteiger charge is 2.53. The predicted octanol–water partition coefficient (Wildman–Crippen LogP) is 25.4. The molecule has 0 heterocycles. The Labute approximate surface area is 715 Å². The van der Waals surface area contributed by atoms with Crippen LogP contribution in [0.1, 0.15) is 458 Å². The van der Waals surface area contributed by atoms with Gasteiger partial charge in [-0.15, -0.1) is 0 Å². The number of rotatable bonds is 35. The Morgan fingerprint density at radius 1 is 0.419 bits per heavy atom. The predicted molar refractivity (Wildman–Crippen MR) is 473 cm³/mol. The van der Waals surface area contributed by atoms with Gasteiger partial charge in [-0.05, 0) is 371 Å². The molecule has 117 heavy (non-hydrogen) atoms. The molecule has 12 fully saturated rings. The summed E-state index contributed by atoms with van der Waals surface area (Å²) in [5.41, 5.74) is -3.03. The third kappa shape index (κ3) is 28.3. The second-order valence-corrected chi connectivity index (χ2v) is 43.3. The minimum atomic E-state index is -0.946. The van der Waals surface area contributed by atoms with E-state index in [0.717, 1.165) is 182 Å². The number of aliphatic hydroxyl groups excluding tert-OH is 2. The van der Waals surface area contributed by atoms with Crippen LogP contribution in [-0.4, -0.2) is 102 Å². The van der Waals surface area contributed by atoms with E-state index < -0.39 is 23.4 Å². The summed E-state index contributed by atoms with van der Waals surface area (Å²) in [5.74, 6) is 11.2. The molecular formula is C103H182O14. The van der Waals surface area contributed by atoms with Crippen LogP contribution in [0, 0.1) is 112 Å². The first kappa shape index (κ1) is 99.6. The molecule has 14 nitrogen and oxygen atoms in total. The van der Waals surface area contributed by atoms with E-state index in [1.807, 2.05) is 13.8 Å². The SMILES string of the molecule is CCC1CC(CC)C(C(C)(O)CC(=O)OC2(C(C)C)CCCC2)C1.CCC1CC(CC)C(C(O)CC(=O)OC2(CC)CCCC2)C1.CCC1CC(CC)C(CC(C)(O)CC(=O)OC2(C3CCCC3)CCCC2)C1.CCC1CC(CC)C(CC(O)CC(=O)OC2(C)CC3CCC2C3)C1.CCC1CC(CC)C(CCC(=O)OC2(C)CCCC2)C1. The molecule has 4 N–H and O–H groups in total. The van der Waals surface area contributed by atoms with Gasteiger partial charge in [-0.3, -0.25) is 24.0 Å². The molecular weight excluding hydrogens is 1460 g/mol. The van der Waals surface area contributed by atoms with Crippen molar-refractivity contribution in [2.45, 2.75) is 509 Å². The van der Waals surface area contributed by atoms with Crippen LogP contribution in [0.5, 0.6) is 0 Å². The van der Waals surface area contributed by atoms with Crippen molar-refractivity contribution in [1.82, 2.24) is 0 Å². The maximum Gasteiger partial charge on any atom is 0.309 e. The van der Waals surface area contributed by atoms with Crippen molar-refractivity contribution in [3.05, 3.63) is 0 Å². The molecule has 0 aromatic heterocycles. The van der Waals surface area contributed by atoms with E-state index in [-0.39, 0.29) is 95.4 Å². The molecule has 12 saturated carbocycles. The fraction of sp³-hybridized carbons (Fsp3) is 0.951. The number of aliphatic hydroxyl groups is 4. The normalized spacial score (nSPS) is 34.5. The molecule has 0 amide bonds. The molecule has 0 aliphatic heterocycles. The van der Waals surface area contributed by atoms with Crippen LogP contribution in [0.3, 0.4) is 0 Å². The number of ether oxygens (including phenoxy) is 5. The lowest BCUT2D eigenvalue weighted by atomic mass is 9.78. The van der Waals surface area contributed by atoms with E-state index in [9.17, 15) is 44.4 Å². The molecule has 0 aromatic rings. The first-order valence-corrected chi connectivity index (χ1v) is 50.5. The number of fused-ring (bicyclic) bond motifs is 2. The van der Waals surface area contributed by atoms with Gasteiger partial charge < -0.3 is 44.1 Å². The van der Waals surface area contributed by atoms with Gasteiger partial charge in [0.2, 0.25) is 0 Å². The highest BCUT2D eigenvalue weighted by Crippen LogP contribution is 2.55. The number of carbonyl (C=O) groups excluding carboxylic acids is 5. The summed E-state index contributed by atoms with van der Waals surface area (Å²) in [4.78, 5) is 62.2. The summed E-state index contributed by atoms with van der Waals surface area (Å²) < 4.78 is 29.6. The van der Waals surface area contributed by atoms with Crippen LogP contribution in [-0.2, 0) is 47.7 Å². The van der Waals surface area contributed by atoms with E-state index in [1.54, 1.807) is 0 Å². The Hall–Kier alpha value is -2.81. The van der Waals surface area contributed by atoms with Crippen molar-refractivity contribution in [3.63, 3.8) is 0 Å². The maximum absolute atomic E-state index is 12.8. The Morgan fingerprint density at radius 3 is 1.42 bits per heavy atom. The zero-order valence-corrected chi connectivity index (χ0v) is 78.5. The largest absolute Gasteiger partial charge is 0.459 e. The Bertz CT molecular complexity index is 2920. The van der Waals surface area contributed by atoms with Gasteiger partial charge in [-0.2, -0.15) is 0 Å². The lowest BCUT2D eigenvalue weighted by molar-refractivity contribution is -0.172. The monoisotopic (exact) mass is 1640 g/mol. The second kappa shape index (κ2) is 46.4. The molecule has 0 spiro atoms. The van der Waals surface area contributed by atoms with Crippen LogP contribution in [0.2, 0.25) is 0 Å². The molecule has 0 radical (unpaired) electrons. The van der Waals surface area contributed by atoms with Crippen LogP contribution in [0.15, 0.2) is 0 Å². The van der Waals surface area contributed by atoms with Gasteiger partial charge in [-0.1, -0.05) is 167 Å². The molecule has 12 aliphatic carbocycles. The Kier molecular flexibility index (Phi) is 39.5. The third-order valence-corrected chi connectivity index (χ3v) is 34.7. The van der Waals surface area contributed by atoms with Gasteiger partial charge in [0, 0.05) is 6.42 Å². The zero-order chi connectivity index (χ0) is 85.5. The lowest BCUT2D eigenvalue weighted by Crippen LogP contribution is -2.43. The Balaban J connectivity index is 0.000000183. The van der Waals surface area contributed by atoms with E-state index in [4.69, 9.17) is 23.7 Å². The van der Waals surface area contributed by atoms with Crippen molar-refractivity contribution < 1.29 is 68.1 Å². The first-order valence-electron chi connectivity index (χ1n) is 50.5. The molecule has 22 atom stereocenters. The van der Waals surface area contributed by atoms with Gasteiger partial charge in [0.05, 0.1) is 49.1 Å². The molecule has 12 aliphatic rings. The van der Waals surface area contributed by atoms with Crippen molar-refractivity contribution in [2.24, 2.45) is 112 Å². The topological polar surface area (TPSA) is 212 Å². The smallest absolute Gasteiger partial charge is 0.309 e. The summed E-state index contributed by atoms with van der Waals surface area (Å²) in [7, 11) is 0. The fourth-order valence-corrected chi connectivity index (χ4v) is 27.0. The number of esters is 5. The standard InChI is InChI=1S/C24H42O3.C21H36O3.C21H38O3.C19H34O3.C18H32O2/c1-4-18-14-19(5-2)20(15-18)16-23(3,26)17-22(25)27-24(12-8-9-13-24)21-10-6-7-11-21;1-4-14-8-16(5-2)17(9-14)11-19(22)12-20(23)24-21(3)13-15-6-7-18(21)10-15;1-6-16-12-17(7-2)18(13-16)20(5,23)14-19(22)24-21(15(3)4)10-8-9-11-21;1-4-14-11-15(5-2)16(12-14)17(20)13-18(21)22-19(6-3)9-7-8-10-19;1-4-14-12-15(5-2)16(13-14)8-9-17(19)20-18(3)10-6-7-11-18/h18-21,26H,4-17H2,1-3H3;14-19,22H,4-13H2,1-3H3;15-18,23H,6-14H2,1-5H3;14-17,20H,4-13H2,1-3H3;14-16H,4-13H2,1-3H3. The van der Waals surface area contributed by atoms with Crippen molar-refractivity contribution in [3.8, 4) is 0 Å². The van der Waals surface area contributed by atoms with Gasteiger partial charge in [0.1, 0.15) is 28.0 Å². The van der Waals surface area contributed by atoms with Crippen LogP contribution >= 0.6 is 0 Å². The molecule has 2 bridgehead atoms. The third-order valence-electron chi connectivity index (χ3n) is 34.7. The highest BCUT2D eigenvalue weighted by atomic mass is 16.6. The lowest BCUT2D eigenvalue weighted by Gasteiger charge is -2.37. The highest BCUT2D eigenvalue weighted by molar-refractivity contribution is 5.73. The molecule has 678 valence electrons. The minimum Gasteiger partial charge on any atom is -0.459 e. The van der Waals surface area contributed by atoms with Crippen molar-refractivity contribution >= 4 is 29.8 Å². The molecule has 0 aromatic carbocycles. The summed E-state index contributed by atoms with van der Waals surface area (Å²) in [6.45, 7) is 36.9. The van der Waals surface area contributed by atoms with E-state index in [1.165, 1.54) is 173 Å². The molecule has 14 heteroatoms. The average Bonchev–Trinajstić information content (AvgIpc) is 1.63. The van der Waals surface area contributed by atoms with Crippen LogP contribution in [0.25, 0.3) is 0 Å². The fourth-order valence-electron chi connectivity index (χ4n) is 27.0. The molecule has 22 unspecified atom stereocenters. The van der Waals surface area contributed by atoms with E-state index in [0.29, 0.717) is 59.7 Å². The summed E-state index contributed by atoms with van der Waals surface area (Å²) in [5, 5.41) is 43.1. The Morgan fingerprint density at radius 2 is 0.889 bits per heavy atom. The van der Waals surface area contributed by atoms with Crippen molar-refractivity contribution in [2.75, 3.05) is 0 Å². The maximum atomic E-state index is 12.8. The zero-order valence-electron chi connectivity index (χ0n) is 78.5. The number of carbonyl (C=O) groups is 5. The van der Waals surface area contributed by atoms with E-state index >= 15 is 0 Å². The summed E-state index contributed by atoms with van der Waals surface area (Å²) in [6.07, 6.45) is 55.1. The van der Waals surface area contributed by atoms with Crippen LogP contribution < -0.4 is 0 Å². The van der Waals surface area contributed by atoms with Crippen molar-refractivity contribution in [1.29, 1.82) is 0 Å². The average molecular weight is 1640 g/mol. The number of hydrogen-bond acceptors (Lipinski definition) is 14. The first-order chi connectivity index (χ1) is 55.6. The second-order valence-electron chi connectivity index (χ2n) is 43.3. The summed E-state index contributed by atoms with van der Waals surface area (Å²) in [6, 6.07) is 0. The van der Waals surface area contributed by atoms with Gasteiger partial charge in [-0.25, -0.2) is 0 Å². The van der Waals surface area contributed by atoms with Gasteiger partial charge in [0.25, 0.3) is 0 Å². The quantitative estimate of drug-likeness (QED) is 0.0343. The van der Waals surface area contributed by atoms with Crippen LogP contribution in [0.4, 0.5) is 0 Å². The van der Waals surface area contributed by atoms with Gasteiger partial charge >= 0.3 is 29.8 Å². The molecule has 0 saturated heterocycles. The minimum absolute atomic E-state index is 0.0456.